The van der Waals surface area contributed by atoms with E-state index >= 15 is 0 Å². The zero-order chi connectivity index (χ0) is 21.7. The Bertz CT molecular complexity index is 855. The van der Waals surface area contributed by atoms with E-state index < -0.39 is 5.60 Å². The molecule has 1 saturated heterocycles. The molecule has 4 rings (SSSR count). The Labute approximate surface area is 215 Å². The van der Waals surface area contributed by atoms with E-state index in [1.165, 1.54) is 12.8 Å². The highest BCUT2D eigenvalue weighted by Crippen LogP contribution is 2.45. The zero-order valence-corrected chi connectivity index (χ0v) is 21.7. The molecule has 1 saturated carbocycles. The van der Waals surface area contributed by atoms with Gasteiger partial charge >= 0.3 is 0 Å². The van der Waals surface area contributed by atoms with Crippen molar-refractivity contribution >= 4 is 36.4 Å². The minimum absolute atomic E-state index is 0. The first-order chi connectivity index (χ1) is 15.1. The first-order valence-corrected chi connectivity index (χ1v) is 12.0. The number of aliphatic hydroxyl groups is 1. The van der Waals surface area contributed by atoms with Crippen molar-refractivity contribution in [2.45, 2.75) is 56.8 Å². The SMILES string of the molecule is CN[C@H]1CCN(CCC2CCCCC2(O)c2ccc(OCc3ccccc3)c(Cl)c2)C1.Cl.Cl. The van der Waals surface area contributed by atoms with Gasteiger partial charge < -0.3 is 20.1 Å². The Hall–Kier alpha value is -1.01. The van der Waals surface area contributed by atoms with Gasteiger partial charge in [-0.3, -0.25) is 0 Å². The molecule has 0 amide bonds. The van der Waals surface area contributed by atoms with Crippen molar-refractivity contribution in [1.82, 2.24) is 10.2 Å². The molecule has 1 heterocycles. The number of hydrogen-bond donors (Lipinski definition) is 2. The van der Waals surface area contributed by atoms with E-state index in [-0.39, 0.29) is 30.7 Å². The molecule has 0 aromatic heterocycles. The van der Waals surface area contributed by atoms with Gasteiger partial charge in [0, 0.05) is 12.6 Å². The van der Waals surface area contributed by atoms with Gasteiger partial charge in [0.1, 0.15) is 12.4 Å². The summed E-state index contributed by atoms with van der Waals surface area (Å²) in [7, 11) is 2.05. The average molecular weight is 516 g/mol. The van der Waals surface area contributed by atoms with Crippen LogP contribution in [0.4, 0.5) is 0 Å². The van der Waals surface area contributed by atoms with Crippen molar-refractivity contribution < 1.29 is 9.84 Å². The summed E-state index contributed by atoms with van der Waals surface area (Å²) in [6.45, 7) is 3.80. The van der Waals surface area contributed by atoms with Gasteiger partial charge in [0.15, 0.2) is 0 Å². The van der Waals surface area contributed by atoms with Crippen molar-refractivity contribution in [3.63, 3.8) is 0 Å². The third kappa shape index (κ3) is 7.00. The van der Waals surface area contributed by atoms with Crippen LogP contribution >= 0.6 is 36.4 Å². The predicted molar refractivity (Wildman–Crippen MR) is 141 cm³/mol. The van der Waals surface area contributed by atoms with E-state index in [4.69, 9.17) is 16.3 Å². The Kier molecular flexibility index (Phi) is 11.3. The minimum Gasteiger partial charge on any atom is -0.487 e. The second-order valence-corrected chi connectivity index (χ2v) is 9.56. The lowest BCUT2D eigenvalue weighted by atomic mass is 9.70. The van der Waals surface area contributed by atoms with Gasteiger partial charge in [-0.05, 0) is 75.0 Å². The maximum Gasteiger partial charge on any atom is 0.138 e. The summed E-state index contributed by atoms with van der Waals surface area (Å²) >= 11 is 6.59. The van der Waals surface area contributed by atoms with E-state index in [2.05, 4.69) is 10.2 Å². The summed E-state index contributed by atoms with van der Waals surface area (Å²) in [6, 6.07) is 16.5. The lowest BCUT2D eigenvalue weighted by Crippen LogP contribution is -2.40. The Morgan fingerprint density at radius 2 is 1.91 bits per heavy atom. The molecule has 1 aliphatic carbocycles. The van der Waals surface area contributed by atoms with Gasteiger partial charge in [0.2, 0.25) is 0 Å². The van der Waals surface area contributed by atoms with Gasteiger partial charge in [-0.25, -0.2) is 0 Å². The van der Waals surface area contributed by atoms with Crippen molar-refractivity contribution in [3.05, 3.63) is 64.7 Å². The summed E-state index contributed by atoms with van der Waals surface area (Å²) in [5, 5.41) is 15.7. The summed E-state index contributed by atoms with van der Waals surface area (Å²) in [6.07, 6.45) is 6.36. The number of likely N-dealkylation sites (tertiary alicyclic amines) is 1. The molecule has 0 radical (unpaired) electrons. The van der Waals surface area contributed by atoms with Crippen LogP contribution in [0.2, 0.25) is 5.02 Å². The summed E-state index contributed by atoms with van der Waals surface area (Å²) in [4.78, 5) is 2.53. The van der Waals surface area contributed by atoms with Gasteiger partial charge in [0.25, 0.3) is 0 Å². The summed E-state index contributed by atoms with van der Waals surface area (Å²) in [5.41, 5.74) is 1.24. The molecule has 1 aliphatic heterocycles. The van der Waals surface area contributed by atoms with Crippen molar-refractivity contribution in [2.24, 2.45) is 5.92 Å². The second kappa shape index (κ2) is 13.2. The fourth-order valence-electron chi connectivity index (χ4n) is 5.22. The van der Waals surface area contributed by atoms with Crippen LogP contribution in [0, 0.1) is 5.92 Å². The quantitative estimate of drug-likeness (QED) is 0.465. The number of rotatable bonds is 8. The van der Waals surface area contributed by atoms with Gasteiger partial charge in [-0.2, -0.15) is 0 Å². The molecule has 7 heteroatoms. The van der Waals surface area contributed by atoms with Crippen molar-refractivity contribution in [3.8, 4) is 5.75 Å². The van der Waals surface area contributed by atoms with Crippen molar-refractivity contribution in [1.29, 1.82) is 0 Å². The van der Waals surface area contributed by atoms with E-state index in [1.807, 2.05) is 55.6 Å². The normalized spacial score (nSPS) is 25.2. The maximum absolute atomic E-state index is 11.8. The monoisotopic (exact) mass is 514 g/mol. The molecule has 2 aromatic carbocycles. The molecule has 0 spiro atoms. The molecule has 2 aromatic rings. The Balaban J connectivity index is 0.00000193. The zero-order valence-electron chi connectivity index (χ0n) is 19.3. The van der Waals surface area contributed by atoms with Gasteiger partial charge in [-0.1, -0.05) is 60.8 Å². The molecule has 2 N–H and O–H groups in total. The van der Waals surface area contributed by atoms with Crippen LogP contribution in [0.1, 0.15) is 49.7 Å². The number of ether oxygens (including phenoxy) is 1. The van der Waals surface area contributed by atoms with E-state index in [0.717, 1.165) is 56.4 Å². The predicted octanol–water partition coefficient (Wildman–Crippen LogP) is 5.82. The molecule has 2 aliphatic rings. The second-order valence-electron chi connectivity index (χ2n) is 9.15. The molecule has 3 atom stereocenters. The molecule has 4 nitrogen and oxygen atoms in total. The van der Waals surface area contributed by atoms with Gasteiger partial charge in [-0.15, -0.1) is 24.8 Å². The number of likely N-dealkylation sites (N-methyl/N-ethyl adjacent to an activating group) is 1. The lowest BCUT2D eigenvalue weighted by molar-refractivity contribution is -0.0597. The number of nitrogens with zero attached hydrogens (tertiary/aromatic N) is 1. The molecular formula is C26H37Cl3N2O2. The molecule has 2 unspecified atom stereocenters. The number of nitrogens with one attached hydrogen (secondary N) is 1. The van der Waals surface area contributed by atoms with E-state index in [0.29, 0.717) is 23.4 Å². The smallest absolute Gasteiger partial charge is 0.138 e. The Morgan fingerprint density at radius 3 is 2.61 bits per heavy atom. The van der Waals surface area contributed by atoms with E-state index in [1.54, 1.807) is 0 Å². The third-order valence-corrected chi connectivity index (χ3v) is 7.47. The van der Waals surface area contributed by atoms with Crippen LogP contribution in [0.25, 0.3) is 0 Å². The minimum atomic E-state index is -0.804. The highest BCUT2D eigenvalue weighted by Gasteiger charge is 2.40. The molecule has 184 valence electrons. The highest BCUT2D eigenvalue weighted by atomic mass is 35.5. The molecular weight excluding hydrogens is 479 g/mol. The van der Waals surface area contributed by atoms with Crippen LogP contribution in [0.15, 0.2) is 48.5 Å². The summed E-state index contributed by atoms with van der Waals surface area (Å²) < 4.78 is 5.93. The fraction of sp³-hybridized carbons (Fsp3) is 0.538. The highest BCUT2D eigenvalue weighted by molar-refractivity contribution is 6.32. The third-order valence-electron chi connectivity index (χ3n) is 7.18. The number of halogens is 3. The number of hydrogen-bond acceptors (Lipinski definition) is 4. The molecule has 33 heavy (non-hydrogen) atoms. The van der Waals surface area contributed by atoms with E-state index in [9.17, 15) is 5.11 Å². The maximum atomic E-state index is 11.8. The van der Waals surface area contributed by atoms with Crippen LogP contribution in [0.3, 0.4) is 0 Å². The van der Waals surface area contributed by atoms with Crippen LogP contribution in [-0.2, 0) is 12.2 Å². The van der Waals surface area contributed by atoms with Crippen LogP contribution in [-0.4, -0.2) is 42.7 Å². The molecule has 2 fully saturated rings. The fourth-order valence-corrected chi connectivity index (χ4v) is 5.46. The largest absolute Gasteiger partial charge is 0.487 e. The number of benzene rings is 2. The summed E-state index contributed by atoms with van der Waals surface area (Å²) in [5.74, 6) is 0.933. The first kappa shape index (κ1) is 28.2. The lowest BCUT2D eigenvalue weighted by Gasteiger charge is -2.41. The molecule has 0 bridgehead atoms. The standard InChI is InChI=1S/C26H35ClN2O2.2ClH/c1-28-23-13-16-29(18-23)15-12-21-9-5-6-14-26(21,30)22-10-11-25(24(27)17-22)31-19-20-7-3-2-4-8-20;;/h2-4,7-8,10-11,17,21,23,28,30H,5-6,9,12-16,18-19H2,1H3;2*1H/t21?,23-,26?;;/m0../s1. The topological polar surface area (TPSA) is 44.7 Å². The van der Waals surface area contributed by atoms with Gasteiger partial charge in [0.05, 0.1) is 10.6 Å². The van der Waals surface area contributed by atoms with Crippen LogP contribution < -0.4 is 10.1 Å². The van der Waals surface area contributed by atoms with Crippen molar-refractivity contribution in [2.75, 3.05) is 26.7 Å². The van der Waals surface area contributed by atoms with Crippen LogP contribution in [0.5, 0.6) is 5.75 Å². The first-order valence-electron chi connectivity index (χ1n) is 11.7. The average Bonchev–Trinajstić information content (AvgIpc) is 3.26. The Morgan fingerprint density at radius 1 is 1.12 bits per heavy atom.